The molecule has 0 radical (unpaired) electrons. The van der Waals surface area contributed by atoms with Crippen LogP contribution < -0.4 is 5.32 Å². The highest BCUT2D eigenvalue weighted by Crippen LogP contribution is 2.26. The number of rotatable bonds is 7. The molecule has 0 spiro atoms. The Kier molecular flexibility index (Phi) is 6.55. The van der Waals surface area contributed by atoms with E-state index in [9.17, 15) is 5.11 Å². The van der Waals surface area contributed by atoms with Crippen molar-refractivity contribution < 1.29 is 5.11 Å². The van der Waals surface area contributed by atoms with Crippen LogP contribution in [0.3, 0.4) is 0 Å². The fourth-order valence-electron chi connectivity index (χ4n) is 1.34. The van der Waals surface area contributed by atoms with E-state index < -0.39 is 0 Å². The smallest absolute Gasteiger partial charge is 0.101 e. The second-order valence-corrected chi connectivity index (χ2v) is 5.57. The fraction of sp³-hybridized carbons (Fsp3) is 0.615. The minimum Gasteiger partial charge on any atom is -0.392 e. The van der Waals surface area contributed by atoms with E-state index in [0.29, 0.717) is 0 Å². The molecule has 4 heteroatoms. The maximum Gasteiger partial charge on any atom is 0.101 e. The van der Waals surface area contributed by atoms with Crippen LogP contribution in [0.1, 0.15) is 32.8 Å². The van der Waals surface area contributed by atoms with Gasteiger partial charge in [-0.3, -0.25) is 0 Å². The summed E-state index contributed by atoms with van der Waals surface area (Å²) in [5.41, 5.74) is 1.21. The van der Waals surface area contributed by atoms with E-state index >= 15 is 0 Å². The van der Waals surface area contributed by atoms with Gasteiger partial charge in [0.2, 0.25) is 0 Å². The summed E-state index contributed by atoms with van der Waals surface area (Å²) in [7, 11) is 0. The topological polar surface area (TPSA) is 45.2 Å². The predicted molar refractivity (Wildman–Crippen MR) is 73.2 cm³/mol. The van der Waals surface area contributed by atoms with Crippen molar-refractivity contribution in [2.45, 2.75) is 50.1 Å². The van der Waals surface area contributed by atoms with Gasteiger partial charge < -0.3 is 10.4 Å². The first kappa shape index (κ1) is 14.5. The highest BCUT2D eigenvalue weighted by Gasteiger charge is 2.13. The quantitative estimate of drug-likeness (QED) is 0.579. The van der Waals surface area contributed by atoms with E-state index in [-0.39, 0.29) is 11.4 Å². The third kappa shape index (κ3) is 5.06. The summed E-state index contributed by atoms with van der Waals surface area (Å²) >= 11 is 1.64. The molecule has 0 fully saturated rings. The van der Waals surface area contributed by atoms with Gasteiger partial charge in [0.15, 0.2) is 0 Å². The number of nitrogens with zero attached hydrogens (tertiary/aromatic N) is 1. The molecule has 0 aliphatic heterocycles. The molecule has 2 atom stereocenters. The standard InChI is InChI=1S/C13H22N2OS/c1-4-7-14-9-12-6-5-8-15-13(12)17-11(3)10(2)16/h5-6,8,10-11,14,16H,4,7,9H2,1-3H3. The van der Waals surface area contributed by atoms with Crippen LogP contribution in [0, 0.1) is 0 Å². The van der Waals surface area contributed by atoms with Crippen molar-refractivity contribution in [3.05, 3.63) is 23.9 Å². The van der Waals surface area contributed by atoms with Gasteiger partial charge in [0, 0.05) is 18.0 Å². The Bertz CT molecular complexity index is 331. The van der Waals surface area contributed by atoms with Gasteiger partial charge in [-0.15, -0.1) is 11.8 Å². The Morgan fingerprint density at radius 2 is 2.24 bits per heavy atom. The molecule has 1 aromatic rings. The molecule has 1 aromatic heterocycles. The molecule has 0 aliphatic rings. The summed E-state index contributed by atoms with van der Waals surface area (Å²) in [6, 6.07) is 4.05. The Hall–Kier alpha value is -0.580. The maximum absolute atomic E-state index is 9.52. The molecular weight excluding hydrogens is 232 g/mol. The molecule has 1 rings (SSSR count). The Morgan fingerprint density at radius 1 is 1.47 bits per heavy atom. The van der Waals surface area contributed by atoms with Crippen LogP contribution in [0.15, 0.2) is 23.4 Å². The van der Waals surface area contributed by atoms with Crippen molar-refractivity contribution in [2.75, 3.05) is 6.54 Å². The fourth-order valence-corrected chi connectivity index (χ4v) is 2.30. The van der Waals surface area contributed by atoms with Crippen LogP contribution in [0.25, 0.3) is 0 Å². The van der Waals surface area contributed by atoms with Crippen molar-refractivity contribution in [3.63, 3.8) is 0 Å². The lowest BCUT2D eigenvalue weighted by Gasteiger charge is -2.15. The second kappa shape index (κ2) is 7.69. The number of aliphatic hydroxyl groups excluding tert-OH is 1. The molecule has 0 aliphatic carbocycles. The van der Waals surface area contributed by atoms with E-state index in [2.05, 4.69) is 23.3 Å². The molecule has 0 amide bonds. The third-order valence-electron chi connectivity index (χ3n) is 2.57. The summed E-state index contributed by atoms with van der Waals surface area (Å²) in [6.07, 6.45) is 2.62. The molecule has 0 saturated carbocycles. The van der Waals surface area contributed by atoms with Crippen molar-refractivity contribution >= 4 is 11.8 Å². The summed E-state index contributed by atoms with van der Waals surface area (Å²) in [4.78, 5) is 4.39. The lowest BCUT2D eigenvalue weighted by atomic mass is 10.3. The number of aliphatic hydroxyl groups is 1. The van der Waals surface area contributed by atoms with Gasteiger partial charge in [-0.25, -0.2) is 4.98 Å². The highest BCUT2D eigenvalue weighted by molar-refractivity contribution is 7.99. The molecule has 96 valence electrons. The molecule has 0 aromatic carbocycles. The summed E-state index contributed by atoms with van der Waals surface area (Å²) in [6.45, 7) is 7.85. The number of aromatic nitrogens is 1. The second-order valence-electron chi connectivity index (χ2n) is 4.21. The number of hydrogen-bond donors (Lipinski definition) is 2. The molecule has 0 saturated heterocycles. The molecule has 2 unspecified atom stereocenters. The van der Waals surface area contributed by atoms with Gasteiger partial charge in [0.1, 0.15) is 5.03 Å². The first-order valence-corrected chi connectivity index (χ1v) is 7.02. The van der Waals surface area contributed by atoms with Gasteiger partial charge in [0.05, 0.1) is 6.10 Å². The van der Waals surface area contributed by atoms with Crippen LogP contribution in [-0.4, -0.2) is 28.0 Å². The van der Waals surface area contributed by atoms with E-state index in [4.69, 9.17) is 0 Å². The highest BCUT2D eigenvalue weighted by atomic mass is 32.2. The zero-order valence-corrected chi connectivity index (χ0v) is 11.6. The number of nitrogens with one attached hydrogen (secondary N) is 1. The maximum atomic E-state index is 9.52. The van der Waals surface area contributed by atoms with Gasteiger partial charge in [-0.05, 0) is 31.5 Å². The van der Waals surface area contributed by atoms with Crippen LogP contribution in [0.2, 0.25) is 0 Å². The molecule has 1 heterocycles. The minimum atomic E-state index is -0.321. The van der Waals surface area contributed by atoms with Crippen molar-refractivity contribution in [1.82, 2.24) is 10.3 Å². The third-order valence-corrected chi connectivity index (χ3v) is 3.93. The normalized spacial score (nSPS) is 14.6. The average Bonchev–Trinajstić information content (AvgIpc) is 2.31. The molecule has 3 nitrogen and oxygen atoms in total. The Morgan fingerprint density at radius 3 is 2.88 bits per heavy atom. The largest absolute Gasteiger partial charge is 0.392 e. The monoisotopic (exact) mass is 254 g/mol. The van der Waals surface area contributed by atoms with Gasteiger partial charge in [0.25, 0.3) is 0 Å². The van der Waals surface area contributed by atoms with Crippen molar-refractivity contribution in [1.29, 1.82) is 0 Å². The molecule has 2 N–H and O–H groups in total. The Balaban J connectivity index is 2.63. The number of thioether (sulfide) groups is 1. The van der Waals surface area contributed by atoms with E-state index in [0.717, 1.165) is 24.5 Å². The van der Waals surface area contributed by atoms with Crippen molar-refractivity contribution in [2.24, 2.45) is 0 Å². The van der Waals surface area contributed by atoms with E-state index in [1.54, 1.807) is 18.0 Å². The first-order chi connectivity index (χ1) is 8.15. The zero-order chi connectivity index (χ0) is 12.7. The molecular formula is C13H22N2OS. The molecule has 17 heavy (non-hydrogen) atoms. The van der Waals surface area contributed by atoms with E-state index in [1.165, 1.54) is 5.56 Å². The summed E-state index contributed by atoms with van der Waals surface area (Å²) in [5.74, 6) is 0. The zero-order valence-electron chi connectivity index (χ0n) is 10.8. The minimum absolute atomic E-state index is 0.162. The van der Waals surface area contributed by atoms with E-state index in [1.807, 2.05) is 19.9 Å². The predicted octanol–water partition coefficient (Wildman–Crippen LogP) is 2.44. The summed E-state index contributed by atoms with van der Waals surface area (Å²) in [5, 5.41) is 14.1. The SMILES string of the molecule is CCCNCc1cccnc1SC(C)C(C)O. The van der Waals surface area contributed by atoms with Crippen LogP contribution in [0.4, 0.5) is 0 Å². The van der Waals surface area contributed by atoms with Gasteiger partial charge in [-0.1, -0.05) is 19.9 Å². The van der Waals surface area contributed by atoms with Crippen LogP contribution in [0.5, 0.6) is 0 Å². The number of hydrogen-bond acceptors (Lipinski definition) is 4. The van der Waals surface area contributed by atoms with Crippen LogP contribution >= 0.6 is 11.8 Å². The molecule has 0 bridgehead atoms. The summed E-state index contributed by atoms with van der Waals surface area (Å²) < 4.78 is 0. The van der Waals surface area contributed by atoms with Gasteiger partial charge >= 0.3 is 0 Å². The lowest BCUT2D eigenvalue weighted by Crippen LogP contribution is -2.17. The average molecular weight is 254 g/mol. The van der Waals surface area contributed by atoms with Crippen LogP contribution in [-0.2, 0) is 6.54 Å². The van der Waals surface area contributed by atoms with Crippen molar-refractivity contribution in [3.8, 4) is 0 Å². The first-order valence-electron chi connectivity index (χ1n) is 6.14. The van der Waals surface area contributed by atoms with Gasteiger partial charge in [-0.2, -0.15) is 0 Å². The lowest BCUT2D eigenvalue weighted by molar-refractivity contribution is 0.196. The Labute approximate surface area is 108 Å². The number of pyridine rings is 1.